The number of esters is 1. The van der Waals surface area contributed by atoms with Crippen molar-refractivity contribution in [3.63, 3.8) is 0 Å². The van der Waals surface area contributed by atoms with Crippen molar-refractivity contribution < 1.29 is 28.2 Å². The molecule has 40 heavy (non-hydrogen) atoms. The van der Waals surface area contributed by atoms with E-state index in [1.54, 1.807) is 33.3 Å². The van der Waals surface area contributed by atoms with E-state index in [-0.39, 0.29) is 17.9 Å². The first-order chi connectivity index (χ1) is 19.2. The monoisotopic (exact) mass is 548 g/mol. The molecule has 0 bridgehead atoms. The van der Waals surface area contributed by atoms with Gasteiger partial charge in [-0.25, -0.2) is 9.18 Å². The fraction of sp³-hybridized carbons (Fsp3) is 0.375. The highest BCUT2D eigenvalue weighted by Crippen LogP contribution is 2.48. The first-order valence-corrected chi connectivity index (χ1v) is 13.3. The van der Waals surface area contributed by atoms with Gasteiger partial charge in [0.15, 0.2) is 0 Å². The molecule has 0 fully saturated rings. The van der Waals surface area contributed by atoms with E-state index in [1.807, 2.05) is 38.4 Å². The molecule has 0 saturated heterocycles. The maximum atomic E-state index is 14.5. The smallest absolute Gasteiger partial charge is 0.328 e. The van der Waals surface area contributed by atoms with Crippen molar-refractivity contribution in [3.8, 4) is 11.5 Å². The van der Waals surface area contributed by atoms with E-state index in [4.69, 9.17) is 14.2 Å². The molecule has 1 N–H and O–H groups in total. The second kappa shape index (κ2) is 12.5. The zero-order chi connectivity index (χ0) is 29.0. The first-order valence-electron chi connectivity index (χ1n) is 13.3. The Labute approximate surface area is 235 Å². The van der Waals surface area contributed by atoms with E-state index < -0.39 is 23.7 Å². The largest absolute Gasteiger partial charge is 0.496 e. The number of methoxy groups -OCH3 is 3. The van der Waals surface area contributed by atoms with Crippen LogP contribution in [0.4, 0.5) is 4.39 Å². The van der Waals surface area contributed by atoms with Crippen LogP contribution in [0.2, 0.25) is 0 Å². The molecule has 1 amide bonds. The molecule has 2 atom stereocenters. The number of carbonyl (C=O) groups excluding carboxylic acids is 2. The second-order valence-electron chi connectivity index (χ2n) is 10.4. The van der Waals surface area contributed by atoms with Crippen molar-refractivity contribution >= 4 is 11.9 Å². The van der Waals surface area contributed by atoms with Crippen molar-refractivity contribution in [3.05, 3.63) is 93.3 Å². The summed E-state index contributed by atoms with van der Waals surface area (Å²) in [4.78, 5) is 27.9. The van der Waals surface area contributed by atoms with Crippen LogP contribution in [0.1, 0.15) is 56.1 Å². The molecule has 7 nitrogen and oxygen atoms in total. The van der Waals surface area contributed by atoms with Gasteiger partial charge in [-0.05, 0) is 68.2 Å². The van der Waals surface area contributed by atoms with Crippen LogP contribution in [0.5, 0.6) is 11.5 Å². The predicted octanol–water partition coefficient (Wildman–Crippen LogP) is 4.81. The maximum absolute atomic E-state index is 14.5. The Balaban J connectivity index is 1.69. The number of aryl methyl sites for hydroxylation is 1. The summed E-state index contributed by atoms with van der Waals surface area (Å²) in [7, 11) is 8.66. The molecule has 3 aromatic rings. The minimum atomic E-state index is -0.977. The van der Waals surface area contributed by atoms with Crippen molar-refractivity contribution in [2.45, 2.75) is 44.7 Å². The van der Waals surface area contributed by atoms with E-state index in [1.165, 1.54) is 13.2 Å². The third-order valence-electron chi connectivity index (χ3n) is 7.53. The average Bonchev–Trinajstić information content (AvgIpc) is 3.36. The topological polar surface area (TPSA) is 77.1 Å². The number of nitrogens with one attached hydrogen (secondary N) is 1. The van der Waals surface area contributed by atoms with E-state index in [0.717, 1.165) is 58.7 Å². The van der Waals surface area contributed by atoms with Crippen molar-refractivity contribution in [1.29, 1.82) is 0 Å². The molecular formula is C32H37FN2O5. The van der Waals surface area contributed by atoms with Gasteiger partial charge in [0.1, 0.15) is 23.4 Å². The Hall–Kier alpha value is -3.91. The van der Waals surface area contributed by atoms with Gasteiger partial charge in [0.05, 0.1) is 26.9 Å². The van der Waals surface area contributed by atoms with E-state index in [2.05, 4.69) is 16.3 Å². The van der Waals surface area contributed by atoms with Gasteiger partial charge in [-0.3, -0.25) is 4.79 Å². The van der Waals surface area contributed by atoms with Crippen LogP contribution in [-0.4, -0.2) is 58.2 Å². The zero-order valence-electron chi connectivity index (χ0n) is 24.0. The zero-order valence-corrected chi connectivity index (χ0v) is 24.0. The van der Waals surface area contributed by atoms with Crippen LogP contribution in [-0.2, 0) is 28.9 Å². The number of fused-ring (bicyclic) bond motifs is 1. The molecule has 0 unspecified atom stereocenters. The lowest BCUT2D eigenvalue weighted by molar-refractivity contribution is -0.142. The standard InChI is InChI=1S/C32H37FN2O5/c1-19-9-7-12-25(33)28(19)31(36)34-26(32(37)40-6)17-20-10-8-11-23-22(20)14-15-24(23)29-27(38-4)16-13-21(18-35(2)3)30(29)39-5/h7-13,16,24,26H,14-15,17-18H2,1-6H3,(H,34,36)/t24-,26-/m0/s1. The molecule has 4 rings (SSSR count). The van der Waals surface area contributed by atoms with Crippen LogP contribution >= 0.6 is 0 Å². The van der Waals surface area contributed by atoms with Crippen LogP contribution in [0.15, 0.2) is 48.5 Å². The maximum Gasteiger partial charge on any atom is 0.328 e. The lowest BCUT2D eigenvalue weighted by Gasteiger charge is -2.23. The first kappa shape index (κ1) is 29.1. The number of hydrogen-bond acceptors (Lipinski definition) is 6. The summed E-state index contributed by atoms with van der Waals surface area (Å²) in [6.45, 7) is 2.38. The number of nitrogens with zero attached hydrogens (tertiary/aromatic N) is 1. The number of rotatable bonds is 10. The fourth-order valence-electron chi connectivity index (χ4n) is 5.77. The molecular weight excluding hydrogens is 511 g/mol. The number of carbonyl (C=O) groups is 2. The Morgan fingerprint density at radius 3 is 2.42 bits per heavy atom. The molecule has 1 aliphatic carbocycles. The van der Waals surface area contributed by atoms with E-state index in [0.29, 0.717) is 5.56 Å². The highest BCUT2D eigenvalue weighted by molar-refractivity contribution is 5.98. The predicted molar refractivity (Wildman–Crippen MR) is 152 cm³/mol. The molecule has 3 aromatic carbocycles. The van der Waals surface area contributed by atoms with Gasteiger partial charge in [0.25, 0.3) is 5.91 Å². The number of ether oxygens (including phenoxy) is 3. The lowest BCUT2D eigenvalue weighted by Crippen LogP contribution is -2.43. The highest BCUT2D eigenvalue weighted by atomic mass is 19.1. The SMILES string of the molecule is COC(=O)[C@H](Cc1cccc2c1CC[C@@H]2c1c(OC)ccc(CN(C)C)c1OC)NC(=O)c1c(C)cccc1F. The lowest BCUT2D eigenvalue weighted by atomic mass is 9.88. The Bertz CT molecular complexity index is 1380. The van der Waals surface area contributed by atoms with Crippen LogP contribution in [0.3, 0.4) is 0 Å². The summed E-state index contributed by atoms with van der Waals surface area (Å²) < 4.78 is 31.2. The van der Waals surface area contributed by atoms with E-state index >= 15 is 0 Å². The van der Waals surface area contributed by atoms with Crippen molar-refractivity contribution in [2.24, 2.45) is 0 Å². The molecule has 0 aliphatic heterocycles. The minimum absolute atomic E-state index is 0.0363. The Morgan fingerprint density at radius 2 is 1.77 bits per heavy atom. The summed E-state index contributed by atoms with van der Waals surface area (Å²) in [5, 5.41) is 2.71. The average molecular weight is 549 g/mol. The van der Waals surface area contributed by atoms with E-state index in [9.17, 15) is 14.0 Å². The van der Waals surface area contributed by atoms with Gasteiger partial charge < -0.3 is 24.4 Å². The highest BCUT2D eigenvalue weighted by Gasteiger charge is 2.33. The third kappa shape index (κ3) is 5.82. The van der Waals surface area contributed by atoms with Gasteiger partial charge in [0.2, 0.25) is 0 Å². The van der Waals surface area contributed by atoms with Crippen LogP contribution in [0.25, 0.3) is 0 Å². The van der Waals surface area contributed by atoms with Gasteiger partial charge >= 0.3 is 5.97 Å². The second-order valence-corrected chi connectivity index (χ2v) is 10.4. The summed E-state index contributed by atoms with van der Waals surface area (Å²) in [5.41, 5.74) is 5.69. The van der Waals surface area contributed by atoms with Crippen LogP contribution in [0, 0.1) is 12.7 Å². The number of hydrogen-bond donors (Lipinski definition) is 1. The van der Waals surface area contributed by atoms with Crippen LogP contribution < -0.4 is 14.8 Å². The molecule has 0 heterocycles. The molecule has 212 valence electrons. The van der Waals surface area contributed by atoms with Crippen molar-refractivity contribution in [2.75, 3.05) is 35.4 Å². The third-order valence-corrected chi connectivity index (χ3v) is 7.53. The fourth-order valence-corrected chi connectivity index (χ4v) is 5.77. The molecule has 0 aromatic heterocycles. The normalized spacial score (nSPS) is 14.9. The van der Waals surface area contributed by atoms with Gasteiger partial charge in [0, 0.05) is 30.0 Å². The quantitative estimate of drug-likeness (QED) is 0.367. The number of halogens is 1. The van der Waals surface area contributed by atoms with Gasteiger partial charge in [-0.15, -0.1) is 0 Å². The number of benzene rings is 3. The van der Waals surface area contributed by atoms with Gasteiger partial charge in [-0.2, -0.15) is 0 Å². The van der Waals surface area contributed by atoms with Gasteiger partial charge in [-0.1, -0.05) is 36.4 Å². The molecule has 0 radical (unpaired) electrons. The summed E-state index contributed by atoms with van der Waals surface area (Å²) in [6, 6.07) is 13.5. The molecule has 0 saturated carbocycles. The Kier molecular flexibility index (Phi) is 9.10. The summed E-state index contributed by atoms with van der Waals surface area (Å²) in [5.74, 6) is -0.255. The number of amides is 1. The summed E-state index contributed by atoms with van der Waals surface area (Å²) >= 11 is 0. The molecule has 8 heteroatoms. The molecule has 0 spiro atoms. The summed E-state index contributed by atoms with van der Waals surface area (Å²) in [6.07, 6.45) is 1.85. The Morgan fingerprint density at radius 1 is 1.02 bits per heavy atom. The minimum Gasteiger partial charge on any atom is -0.496 e. The molecule has 1 aliphatic rings. The van der Waals surface area contributed by atoms with Crippen molar-refractivity contribution in [1.82, 2.24) is 10.2 Å².